The van der Waals surface area contributed by atoms with Crippen LogP contribution >= 0.6 is 39.3 Å². The lowest BCUT2D eigenvalue weighted by Gasteiger charge is -2.13. The van der Waals surface area contributed by atoms with E-state index in [0.29, 0.717) is 22.2 Å². The molecule has 1 aliphatic heterocycles. The van der Waals surface area contributed by atoms with Crippen molar-refractivity contribution in [3.05, 3.63) is 104 Å². The van der Waals surface area contributed by atoms with E-state index in [9.17, 15) is 14.0 Å². The fourth-order valence-electron chi connectivity index (χ4n) is 3.78. The third-order valence-electron chi connectivity index (χ3n) is 5.31. The van der Waals surface area contributed by atoms with Crippen LogP contribution in [0.25, 0.3) is 17.0 Å². The summed E-state index contributed by atoms with van der Waals surface area (Å²) in [6, 6.07) is 19.0. The fourth-order valence-corrected chi connectivity index (χ4v) is 5.19. The first-order valence-corrected chi connectivity index (χ1v) is 11.9. The van der Waals surface area contributed by atoms with Gasteiger partial charge in [-0.1, -0.05) is 51.8 Å². The minimum atomic E-state index is -0.410. The average molecular weight is 542 g/mol. The highest BCUT2D eigenvalue weighted by Crippen LogP contribution is 2.39. The number of rotatable bonds is 4. The Hall–Kier alpha value is -2.87. The predicted octanol–water partition coefficient (Wildman–Crippen LogP) is 7.49. The maximum absolute atomic E-state index is 13.3. The lowest BCUT2D eigenvalue weighted by Crippen LogP contribution is -2.27. The largest absolute Gasteiger partial charge is 0.342 e. The Morgan fingerprint density at radius 3 is 2.55 bits per heavy atom. The van der Waals surface area contributed by atoms with E-state index in [1.807, 2.05) is 29.0 Å². The molecule has 4 aromatic rings. The summed E-state index contributed by atoms with van der Waals surface area (Å²) < 4.78 is 16.2. The standard InChI is InChI=1S/C25H15BrClFN2O2S/c26-17-7-10-21-19(12-17)16(14-29(21)13-15-5-8-18(28)9-6-15)11-23-24(31)30(25(32)33-23)22-4-2-1-3-20(22)27/h1-12,14H,13H2/b23-11-. The number of thioether (sulfide) groups is 1. The van der Waals surface area contributed by atoms with Crippen molar-refractivity contribution < 1.29 is 14.0 Å². The molecule has 0 atom stereocenters. The fraction of sp³-hybridized carbons (Fsp3) is 0.0400. The van der Waals surface area contributed by atoms with Crippen molar-refractivity contribution in [3.8, 4) is 0 Å². The number of fused-ring (bicyclic) bond motifs is 1. The van der Waals surface area contributed by atoms with Crippen LogP contribution in [-0.2, 0) is 11.3 Å². The molecule has 0 unspecified atom stereocenters. The van der Waals surface area contributed by atoms with Gasteiger partial charge in [-0.05, 0) is 65.9 Å². The van der Waals surface area contributed by atoms with Crippen molar-refractivity contribution >= 4 is 73.1 Å². The van der Waals surface area contributed by atoms with E-state index in [-0.39, 0.29) is 5.82 Å². The summed E-state index contributed by atoms with van der Waals surface area (Å²) in [5.41, 5.74) is 3.07. The zero-order valence-electron chi connectivity index (χ0n) is 17.0. The van der Waals surface area contributed by atoms with Gasteiger partial charge in [-0.15, -0.1) is 0 Å². The van der Waals surface area contributed by atoms with Gasteiger partial charge in [-0.25, -0.2) is 9.29 Å². The maximum Gasteiger partial charge on any atom is 0.298 e. The Labute approximate surface area is 206 Å². The third kappa shape index (κ3) is 4.24. The first-order chi connectivity index (χ1) is 15.9. The molecule has 1 fully saturated rings. The summed E-state index contributed by atoms with van der Waals surface area (Å²) in [5.74, 6) is -0.692. The van der Waals surface area contributed by atoms with Crippen LogP contribution in [0.1, 0.15) is 11.1 Å². The second-order valence-electron chi connectivity index (χ2n) is 7.47. The smallest absolute Gasteiger partial charge is 0.298 e. The third-order valence-corrected chi connectivity index (χ3v) is 7.00. The minimum Gasteiger partial charge on any atom is -0.342 e. The number of hydrogen-bond donors (Lipinski definition) is 0. The van der Waals surface area contributed by atoms with E-state index >= 15 is 0 Å². The van der Waals surface area contributed by atoms with E-state index in [1.165, 1.54) is 12.1 Å². The van der Waals surface area contributed by atoms with Crippen LogP contribution in [0.5, 0.6) is 0 Å². The number of carbonyl (C=O) groups excluding carboxylic acids is 2. The maximum atomic E-state index is 13.3. The molecule has 2 amide bonds. The number of aromatic nitrogens is 1. The molecule has 8 heteroatoms. The molecule has 1 aliphatic rings. The molecular weight excluding hydrogens is 527 g/mol. The van der Waals surface area contributed by atoms with Gasteiger partial charge in [0.25, 0.3) is 11.1 Å². The Morgan fingerprint density at radius 2 is 1.79 bits per heavy atom. The number of carbonyl (C=O) groups is 2. The van der Waals surface area contributed by atoms with Gasteiger partial charge in [0.05, 0.1) is 15.6 Å². The first-order valence-electron chi connectivity index (χ1n) is 9.96. The normalized spacial score (nSPS) is 15.2. The molecule has 0 N–H and O–H groups in total. The summed E-state index contributed by atoms with van der Waals surface area (Å²) in [4.78, 5) is 27.2. The van der Waals surface area contributed by atoms with Gasteiger partial charge >= 0.3 is 0 Å². The molecule has 0 bridgehead atoms. The highest BCUT2D eigenvalue weighted by Gasteiger charge is 2.37. The number of anilines is 1. The molecule has 5 rings (SSSR count). The summed E-state index contributed by atoms with van der Waals surface area (Å²) in [7, 11) is 0. The van der Waals surface area contributed by atoms with Crippen molar-refractivity contribution in [1.29, 1.82) is 0 Å². The van der Waals surface area contributed by atoms with E-state index in [4.69, 9.17) is 11.6 Å². The van der Waals surface area contributed by atoms with Gasteiger partial charge in [0.2, 0.25) is 0 Å². The predicted molar refractivity (Wildman–Crippen MR) is 135 cm³/mol. The van der Waals surface area contributed by atoms with Gasteiger partial charge in [-0.2, -0.15) is 0 Å². The number of nitrogens with zero attached hydrogens (tertiary/aromatic N) is 2. The highest BCUT2D eigenvalue weighted by molar-refractivity contribution is 9.10. The Balaban J connectivity index is 1.55. The zero-order valence-corrected chi connectivity index (χ0v) is 20.1. The van der Waals surface area contributed by atoms with Crippen LogP contribution in [0.15, 0.2) is 82.3 Å². The van der Waals surface area contributed by atoms with Gasteiger partial charge in [0, 0.05) is 33.7 Å². The van der Waals surface area contributed by atoms with Gasteiger partial charge < -0.3 is 4.57 Å². The average Bonchev–Trinajstić information content (AvgIpc) is 3.26. The minimum absolute atomic E-state index is 0.282. The van der Waals surface area contributed by atoms with Crippen LogP contribution in [-0.4, -0.2) is 15.7 Å². The van der Waals surface area contributed by atoms with Crippen LogP contribution in [0.3, 0.4) is 0 Å². The summed E-state index contributed by atoms with van der Waals surface area (Å²) in [5, 5.41) is 0.868. The van der Waals surface area contributed by atoms with Crippen LogP contribution in [0.2, 0.25) is 5.02 Å². The zero-order chi connectivity index (χ0) is 23.1. The molecule has 3 aromatic carbocycles. The molecule has 4 nitrogen and oxygen atoms in total. The lowest BCUT2D eigenvalue weighted by molar-refractivity contribution is -0.113. The molecule has 1 saturated heterocycles. The molecule has 164 valence electrons. The Kier molecular flexibility index (Phi) is 5.86. The van der Waals surface area contributed by atoms with E-state index in [1.54, 1.807) is 42.5 Å². The molecular formula is C25H15BrClFN2O2S. The molecule has 1 aromatic heterocycles. The van der Waals surface area contributed by atoms with Gasteiger partial charge in [0.1, 0.15) is 5.82 Å². The molecule has 0 radical (unpaired) electrons. The number of benzene rings is 3. The number of para-hydroxylation sites is 1. The van der Waals surface area contributed by atoms with E-state index < -0.39 is 11.1 Å². The topological polar surface area (TPSA) is 42.3 Å². The van der Waals surface area contributed by atoms with Crippen LogP contribution < -0.4 is 4.90 Å². The summed E-state index contributed by atoms with van der Waals surface area (Å²) >= 11 is 10.6. The monoisotopic (exact) mass is 540 g/mol. The van der Waals surface area contributed by atoms with Crippen LogP contribution in [0, 0.1) is 5.82 Å². The van der Waals surface area contributed by atoms with Gasteiger partial charge in [0.15, 0.2) is 0 Å². The SMILES string of the molecule is O=C1S/C(=C\c2cn(Cc3ccc(F)cc3)c3ccc(Br)cc23)C(=O)N1c1ccccc1Cl. The second kappa shape index (κ2) is 8.82. The Bertz CT molecular complexity index is 1450. The van der Waals surface area contributed by atoms with Crippen molar-refractivity contribution in [1.82, 2.24) is 4.57 Å². The molecule has 33 heavy (non-hydrogen) atoms. The van der Waals surface area contributed by atoms with Crippen molar-refractivity contribution in [2.45, 2.75) is 6.54 Å². The summed E-state index contributed by atoms with van der Waals surface area (Å²) in [6.45, 7) is 0.535. The highest BCUT2D eigenvalue weighted by atomic mass is 79.9. The first kappa shape index (κ1) is 21.9. The molecule has 2 heterocycles. The van der Waals surface area contributed by atoms with E-state index in [0.717, 1.165) is 43.2 Å². The second-order valence-corrected chi connectivity index (χ2v) is 9.78. The van der Waals surface area contributed by atoms with Crippen LogP contribution in [0.4, 0.5) is 14.9 Å². The number of amides is 2. The molecule has 0 aliphatic carbocycles. The number of imide groups is 1. The lowest BCUT2D eigenvalue weighted by atomic mass is 10.1. The quantitative estimate of drug-likeness (QED) is 0.251. The van der Waals surface area contributed by atoms with Crippen molar-refractivity contribution in [3.63, 3.8) is 0 Å². The van der Waals surface area contributed by atoms with Gasteiger partial charge in [-0.3, -0.25) is 9.59 Å². The molecule has 0 saturated carbocycles. The Morgan fingerprint density at radius 1 is 1.03 bits per heavy atom. The molecule has 0 spiro atoms. The van der Waals surface area contributed by atoms with Crippen molar-refractivity contribution in [2.24, 2.45) is 0 Å². The van der Waals surface area contributed by atoms with E-state index in [2.05, 4.69) is 15.9 Å². The number of hydrogen-bond acceptors (Lipinski definition) is 3. The summed E-state index contributed by atoms with van der Waals surface area (Å²) in [6.07, 6.45) is 3.67. The van der Waals surface area contributed by atoms with Crippen molar-refractivity contribution in [2.75, 3.05) is 4.90 Å². The number of halogens is 3.